The first-order valence-electron chi connectivity index (χ1n) is 6.98. The van der Waals surface area contributed by atoms with E-state index in [1.54, 1.807) is 4.90 Å². The Morgan fingerprint density at radius 3 is 2.27 bits per heavy atom. The van der Waals surface area contributed by atoms with Crippen LogP contribution in [-0.2, 0) is 20.9 Å². The molecule has 2 N–H and O–H groups in total. The zero-order chi connectivity index (χ0) is 15.9. The van der Waals surface area contributed by atoms with Crippen LogP contribution < -0.4 is 0 Å². The minimum absolute atomic E-state index is 0.344. The van der Waals surface area contributed by atoms with Crippen LogP contribution in [0.4, 0.5) is 0 Å². The largest absolute Gasteiger partial charge is 0.481 e. The number of nitrogens with zero attached hydrogens (tertiary/aromatic N) is 1. The molecule has 0 aliphatic carbocycles. The van der Waals surface area contributed by atoms with Crippen LogP contribution >= 0.6 is 0 Å². The van der Waals surface area contributed by atoms with E-state index in [4.69, 9.17) is 0 Å². The van der Waals surface area contributed by atoms with E-state index in [-0.39, 0.29) is 5.78 Å². The Balaban J connectivity index is 2.00. The van der Waals surface area contributed by atoms with Gasteiger partial charge in [0.25, 0.3) is 0 Å². The smallest absolute Gasteiger partial charge is 0.309 e. The molecule has 1 aromatic rings. The van der Waals surface area contributed by atoms with Crippen LogP contribution in [0.2, 0.25) is 0 Å². The molecule has 4 atom stereocenters. The molecule has 1 fully saturated rings. The zero-order valence-electron chi connectivity index (χ0n) is 11.6. The van der Waals surface area contributed by atoms with Gasteiger partial charge in [0.05, 0.1) is 17.9 Å². The Bertz CT molecular complexity index is 654. The van der Waals surface area contributed by atoms with Crippen LogP contribution in [0.1, 0.15) is 5.56 Å². The number of aliphatic carboxylic acids is 2. The molecule has 0 saturated carbocycles. The summed E-state index contributed by atoms with van der Waals surface area (Å²) in [4.78, 5) is 36.9. The van der Waals surface area contributed by atoms with Gasteiger partial charge >= 0.3 is 11.9 Å². The van der Waals surface area contributed by atoms with Crippen LogP contribution in [0.5, 0.6) is 0 Å². The fourth-order valence-corrected chi connectivity index (χ4v) is 3.46. The first-order valence-corrected chi connectivity index (χ1v) is 6.98. The summed E-state index contributed by atoms with van der Waals surface area (Å²) >= 11 is 0. The van der Waals surface area contributed by atoms with Gasteiger partial charge in [-0.25, -0.2) is 0 Å². The van der Waals surface area contributed by atoms with Gasteiger partial charge < -0.3 is 10.2 Å². The molecule has 6 nitrogen and oxygen atoms in total. The third kappa shape index (κ3) is 2.21. The predicted octanol–water partition coefficient (Wildman–Crippen LogP) is 0.780. The molecule has 2 bridgehead atoms. The lowest BCUT2D eigenvalue weighted by Crippen LogP contribution is -2.45. The molecule has 1 saturated heterocycles. The summed E-state index contributed by atoms with van der Waals surface area (Å²) in [7, 11) is 0. The van der Waals surface area contributed by atoms with Gasteiger partial charge in [-0.2, -0.15) is 0 Å². The standard InChI is InChI=1S/C16H15NO5/c18-11-7-6-10-12(15(19)20)13(16(21)22)14(11)17(10)8-9-4-2-1-3-5-9/h1-7,10,12-14H,8H2,(H,19,20)(H,21,22)/t10-,12+,13+,14+/m0/s1. The number of carboxylic acid groups (broad SMARTS) is 2. The van der Waals surface area contributed by atoms with E-state index in [0.29, 0.717) is 6.54 Å². The van der Waals surface area contributed by atoms with E-state index in [2.05, 4.69) is 0 Å². The van der Waals surface area contributed by atoms with Crippen molar-refractivity contribution in [3.63, 3.8) is 0 Å². The minimum Gasteiger partial charge on any atom is -0.481 e. The number of rotatable bonds is 4. The third-order valence-electron chi connectivity index (χ3n) is 4.36. The van der Waals surface area contributed by atoms with Crippen molar-refractivity contribution in [3.8, 4) is 0 Å². The Hall–Kier alpha value is -2.47. The van der Waals surface area contributed by atoms with E-state index in [1.165, 1.54) is 12.2 Å². The molecular formula is C16H15NO5. The van der Waals surface area contributed by atoms with Crippen molar-refractivity contribution in [2.75, 3.05) is 0 Å². The number of fused-ring (bicyclic) bond motifs is 2. The SMILES string of the molecule is O=C(O)[C@@H]1[C@H](C(=O)O)[C@@H]2C=CC(=O)[C@H]1N2Cc1ccccc1. The first-order chi connectivity index (χ1) is 10.5. The molecule has 0 unspecified atom stereocenters. The molecular weight excluding hydrogens is 286 g/mol. The highest BCUT2D eigenvalue weighted by Gasteiger charge is 2.58. The second-order valence-corrected chi connectivity index (χ2v) is 5.58. The van der Waals surface area contributed by atoms with E-state index in [0.717, 1.165) is 5.56 Å². The fraction of sp³-hybridized carbons (Fsp3) is 0.312. The van der Waals surface area contributed by atoms with Crippen LogP contribution in [-0.4, -0.2) is 44.9 Å². The van der Waals surface area contributed by atoms with E-state index in [9.17, 15) is 24.6 Å². The van der Waals surface area contributed by atoms with Crippen LogP contribution in [0, 0.1) is 11.8 Å². The third-order valence-corrected chi connectivity index (χ3v) is 4.36. The topological polar surface area (TPSA) is 94.9 Å². The Morgan fingerprint density at radius 1 is 1.05 bits per heavy atom. The highest BCUT2D eigenvalue weighted by molar-refractivity contribution is 6.01. The molecule has 0 aromatic heterocycles. The summed E-state index contributed by atoms with van der Waals surface area (Å²) in [5.74, 6) is -5.11. The summed E-state index contributed by atoms with van der Waals surface area (Å²) in [6.45, 7) is 0.347. The lowest BCUT2D eigenvalue weighted by Gasteiger charge is -2.31. The molecule has 0 radical (unpaired) electrons. The minimum atomic E-state index is -1.24. The average molecular weight is 301 g/mol. The molecule has 0 amide bonds. The van der Waals surface area contributed by atoms with E-state index < -0.39 is 35.9 Å². The maximum Gasteiger partial charge on any atom is 0.309 e. The number of benzene rings is 1. The molecule has 3 rings (SSSR count). The molecule has 2 aliphatic heterocycles. The molecule has 114 valence electrons. The monoisotopic (exact) mass is 301 g/mol. The number of carbonyl (C=O) groups is 3. The molecule has 0 spiro atoms. The van der Waals surface area contributed by atoms with Gasteiger partial charge in [0.2, 0.25) is 0 Å². The fourth-order valence-electron chi connectivity index (χ4n) is 3.46. The lowest BCUT2D eigenvalue weighted by molar-refractivity contribution is -0.153. The van der Waals surface area contributed by atoms with E-state index >= 15 is 0 Å². The number of hydrogen-bond acceptors (Lipinski definition) is 4. The van der Waals surface area contributed by atoms with Crippen molar-refractivity contribution in [2.24, 2.45) is 11.8 Å². The highest BCUT2D eigenvalue weighted by atomic mass is 16.4. The predicted molar refractivity (Wildman–Crippen MR) is 76.0 cm³/mol. The summed E-state index contributed by atoms with van der Waals surface area (Å²) in [5, 5.41) is 18.8. The number of carbonyl (C=O) groups excluding carboxylic acids is 1. The maximum absolute atomic E-state index is 12.2. The molecule has 2 heterocycles. The number of carboxylic acids is 2. The van der Waals surface area contributed by atoms with Crippen molar-refractivity contribution in [2.45, 2.75) is 18.6 Å². The van der Waals surface area contributed by atoms with Crippen molar-refractivity contribution in [1.29, 1.82) is 0 Å². The Morgan fingerprint density at radius 2 is 1.68 bits per heavy atom. The van der Waals surface area contributed by atoms with Crippen LogP contribution in [0.3, 0.4) is 0 Å². The molecule has 6 heteroatoms. The van der Waals surface area contributed by atoms with E-state index in [1.807, 2.05) is 30.3 Å². The molecule has 22 heavy (non-hydrogen) atoms. The van der Waals surface area contributed by atoms with Gasteiger partial charge in [-0.3, -0.25) is 19.3 Å². The summed E-state index contributed by atoms with van der Waals surface area (Å²) in [6, 6.07) is 7.79. The maximum atomic E-state index is 12.2. The lowest BCUT2D eigenvalue weighted by atomic mass is 9.88. The van der Waals surface area contributed by atoms with Gasteiger partial charge in [-0.05, 0) is 11.6 Å². The number of hydrogen-bond donors (Lipinski definition) is 2. The summed E-state index contributed by atoms with van der Waals surface area (Å²) in [6.07, 6.45) is 2.83. The van der Waals surface area contributed by atoms with Crippen molar-refractivity contribution < 1.29 is 24.6 Å². The van der Waals surface area contributed by atoms with Crippen LogP contribution in [0.25, 0.3) is 0 Å². The van der Waals surface area contributed by atoms with Gasteiger partial charge in [0.15, 0.2) is 5.78 Å². The van der Waals surface area contributed by atoms with Crippen molar-refractivity contribution in [1.82, 2.24) is 4.90 Å². The van der Waals surface area contributed by atoms with Crippen molar-refractivity contribution >= 4 is 17.7 Å². The van der Waals surface area contributed by atoms with Crippen molar-refractivity contribution in [3.05, 3.63) is 48.0 Å². The van der Waals surface area contributed by atoms with Gasteiger partial charge in [-0.15, -0.1) is 0 Å². The Kier molecular flexibility index (Phi) is 3.54. The normalized spacial score (nSPS) is 30.5. The summed E-state index contributed by atoms with van der Waals surface area (Å²) in [5.41, 5.74) is 0.913. The second-order valence-electron chi connectivity index (χ2n) is 5.58. The van der Waals surface area contributed by atoms with Crippen LogP contribution in [0.15, 0.2) is 42.5 Å². The highest BCUT2D eigenvalue weighted by Crippen LogP contribution is 2.41. The quantitative estimate of drug-likeness (QED) is 0.853. The zero-order valence-corrected chi connectivity index (χ0v) is 11.6. The first kappa shape index (κ1) is 14.5. The van der Waals surface area contributed by atoms with Gasteiger partial charge in [-0.1, -0.05) is 36.4 Å². The summed E-state index contributed by atoms with van der Waals surface area (Å²) < 4.78 is 0. The Labute approximate surface area is 126 Å². The molecule has 2 aliphatic rings. The average Bonchev–Trinajstić information content (AvgIpc) is 2.71. The number of ketones is 1. The van der Waals surface area contributed by atoms with Gasteiger partial charge in [0, 0.05) is 12.6 Å². The second kappa shape index (κ2) is 5.38. The van der Waals surface area contributed by atoms with Gasteiger partial charge in [0.1, 0.15) is 0 Å². The molecule has 1 aromatic carbocycles.